The molecule has 12 aromatic rings. The van der Waals surface area contributed by atoms with Gasteiger partial charge in [0.05, 0.1) is 51.5 Å². The zero-order valence-electron chi connectivity index (χ0n) is 66.3. The molecule has 0 fully saturated rings. The van der Waals surface area contributed by atoms with Crippen molar-refractivity contribution in [1.29, 1.82) is 0 Å². The molecule has 0 amide bonds. The van der Waals surface area contributed by atoms with Crippen molar-refractivity contribution in [1.82, 2.24) is 0 Å². The molecule has 0 spiro atoms. The summed E-state index contributed by atoms with van der Waals surface area (Å²) in [5.74, 6) is 0. The van der Waals surface area contributed by atoms with E-state index in [-0.39, 0.29) is 21.7 Å². The number of pyridine rings is 3. The number of nitrogens with zero attached hydrogens (tertiary/aromatic N) is 3. The molecule has 12 rings (SSSR count). The van der Waals surface area contributed by atoms with Gasteiger partial charge in [0.2, 0.25) is 17.1 Å². The van der Waals surface area contributed by atoms with E-state index in [9.17, 15) is 0 Å². The fourth-order valence-electron chi connectivity index (χ4n) is 15.1. The fourth-order valence-corrected chi connectivity index (χ4v) is 22.7. The summed E-state index contributed by atoms with van der Waals surface area (Å²) in [6.07, 6.45) is 6.69. The summed E-state index contributed by atoms with van der Waals surface area (Å²) < 4.78 is 6.89. The Morgan fingerprint density at radius 1 is 0.287 bits per heavy atom. The van der Waals surface area contributed by atoms with E-state index in [2.05, 4.69) is 410 Å². The van der Waals surface area contributed by atoms with Crippen molar-refractivity contribution in [2.75, 3.05) is 0 Å². The fraction of sp³-hybridized carbons (Fsp3) is 0.337. The van der Waals surface area contributed by atoms with E-state index in [0.717, 1.165) is 6.04 Å². The predicted octanol–water partition coefficient (Wildman–Crippen LogP) is 21.5. The molecule has 3 nitrogen and oxygen atoms in total. The summed E-state index contributed by atoms with van der Waals surface area (Å²) in [7, 11) is 1.69. The minimum Gasteiger partial charge on any atom is -0.200 e. The summed E-state index contributed by atoms with van der Waals surface area (Å²) in [6, 6.07) is 81.5. The number of aryl methyl sites for hydroxylation is 5. The van der Waals surface area contributed by atoms with E-state index in [0.29, 0.717) is 0 Å². The lowest BCUT2D eigenvalue weighted by Crippen LogP contribution is -2.44. The Bertz CT molecular complexity index is 4970. The number of fused-ring (bicyclic) bond motifs is 3. The summed E-state index contributed by atoms with van der Waals surface area (Å²) in [6.45, 7) is 51.7. The Labute approximate surface area is 612 Å². The molecule has 0 aliphatic carbocycles. The van der Waals surface area contributed by atoms with Crippen molar-refractivity contribution in [3.05, 3.63) is 286 Å². The van der Waals surface area contributed by atoms with Crippen molar-refractivity contribution < 1.29 is 13.7 Å². The average Bonchev–Trinajstić information content (AvgIpc) is 0.762. The quantitative estimate of drug-likeness (QED) is 0.0853. The summed E-state index contributed by atoms with van der Waals surface area (Å²) >= 11 is 0. The molecule has 0 saturated heterocycles. The average molecular weight is 1390 g/mol. The van der Waals surface area contributed by atoms with E-state index < -0.39 is 24.2 Å². The van der Waals surface area contributed by atoms with Gasteiger partial charge in [-0.25, -0.2) is 13.7 Å². The van der Waals surface area contributed by atoms with Gasteiger partial charge in [0.25, 0.3) is 0 Å². The predicted molar refractivity (Wildman–Crippen MR) is 447 cm³/mol. The molecule has 0 radical (unpaired) electrons. The van der Waals surface area contributed by atoms with Gasteiger partial charge in [0.15, 0.2) is 18.6 Å². The second-order valence-electron chi connectivity index (χ2n) is 35.6. The van der Waals surface area contributed by atoms with Crippen molar-refractivity contribution in [3.8, 4) is 33.8 Å². The maximum Gasteiger partial charge on any atom is 0.220 e. The van der Waals surface area contributed by atoms with Gasteiger partial charge in [-0.05, 0) is 165 Å². The van der Waals surface area contributed by atoms with Crippen LogP contribution in [0.15, 0.2) is 225 Å². The molecule has 0 aliphatic rings. The highest BCUT2D eigenvalue weighted by molar-refractivity contribution is 6.90. The summed E-state index contributed by atoms with van der Waals surface area (Å²) in [5, 5.41) is 12.6. The monoisotopic (exact) mass is 1380 g/mol. The van der Waals surface area contributed by atoms with Gasteiger partial charge in [-0.3, -0.25) is 0 Å². The lowest BCUT2D eigenvalue weighted by Gasteiger charge is -2.28. The molecule has 0 bridgehead atoms. The first kappa shape index (κ1) is 75.5. The van der Waals surface area contributed by atoms with Gasteiger partial charge in [-0.15, -0.1) is 0 Å². The van der Waals surface area contributed by atoms with E-state index in [1.165, 1.54) is 155 Å². The molecule has 3 heterocycles. The van der Waals surface area contributed by atoms with Crippen LogP contribution in [0, 0.1) is 27.7 Å². The van der Waals surface area contributed by atoms with Gasteiger partial charge < -0.3 is 0 Å². The highest BCUT2D eigenvalue weighted by atomic mass is 28.3. The molecular weight excluding hydrogens is 1270 g/mol. The number of aromatic nitrogens is 3. The van der Waals surface area contributed by atoms with Crippen molar-refractivity contribution in [3.63, 3.8) is 0 Å². The van der Waals surface area contributed by atoms with Gasteiger partial charge in [0.1, 0.15) is 21.1 Å². The largest absolute Gasteiger partial charge is 0.220 e. The van der Waals surface area contributed by atoms with Crippen LogP contribution in [0.3, 0.4) is 0 Å². The molecule has 3 aromatic heterocycles. The number of rotatable bonds is 12. The second kappa shape index (κ2) is 29.3. The van der Waals surface area contributed by atoms with Crippen LogP contribution in [0.25, 0.3) is 66.1 Å². The topological polar surface area (TPSA) is 11.6 Å². The molecule has 9 aromatic carbocycles. The van der Waals surface area contributed by atoms with Crippen LogP contribution in [0.1, 0.15) is 144 Å². The summed E-state index contributed by atoms with van der Waals surface area (Å²) in [4.78, 5) is 0. The first-order valence-corrected chi connectivity index (χ1v) is 46.6. The molecule has 0 aliphatic heterocycles. The third-order valence-corrected chi connectivity index (χ3v) is 31.2. The molecule has 0 atom stereocenters. The van der Waals surface area contributed by atoms with Crippen molar-refractivity contribution in [2.45, 2.75) is 190 Å². The van der Waals surface area contributed by atoms with E-state index in [1.54, 1.807) is 0 Å². The third-order valence-electron chi connectivity index (χ3n) is 21.7. The van der Waals surface area contributed by atoms with Gasteiger partial charge in [-0.1, -0.05) is 306 Å². The number of hydrogen-bond donors (Lipinski definition) is 0. The Morgan fingerprint density at radius 3 is 0.941 bits per heavy atom. The Kier molecular flexibility index (Phi) is 21.9. The zero-order valence-corrected chi connectivity index (χ0v) is 69.3. The zero-order chi connectivity index (χ0) is 73.5. The minimum atomic E-state index is -1.63. The maximum absolute atomic E-state index is 2.50. The molecule has 101 heavy (non-hydrogen) atoms. The summed E-state index contributed by atoms with van der Waals surface area (Å²) in [5.41, 5.74) is 23.8. The first-order valence-electron chi connectivity index (χ1n) is 37.0. The standard InChI is InChI=1S/C34H44NSi.C31H38NSi.C30H36NSi/c1-24-30(21-27(33(2,3)4)22-31(24)34(5,6)7)32-29-17-16-28(20-26(29)18-19-35(32)8)36(9,10)23-25-14-12-11-13-15-25;1-22-18-26(31(3,4)5)20-29(23(22)2)30-28-15-14-27(19-25(28)16-17-32(30)6)33(7,8)21-24-12-10-9-11-13-24;1-22-13-14-25(30(2,3)4)20-28(22)29-27-16-15-26(19-24(27)17-18-31(29)5)32(6,7)21-23-11-9-8-10-12-23/h11-22H,23H2,1-10H3;9-20H,21H2,1-8H3;8-20H,21H2,1-7H3/q3*+1. The first-order chi connectivity index (χ1) is 47.2. The Morgan fingerprint density at radius 2 is 0.604 bits per heavy atom. The third kappa shape index (κ3) is 17.2. The van der Waals surface area contributed by atoms with E-state index >= 15 is 0 Å². The maximum atomic E-state index is 2.50. The van der Waals surface area contributed by atoms with Crippen LogP contribution < -0.4 is 29.3 Å². The van der Waals surface area contributed by atoms with Crippen LogP contribution in [-0.4, -0.2) is 24.2 Å². The minimum absolute atomic E-state index is 0.0868. The van der Waals surface area contributed by atoms with E-state index in [4.69, 9.17) is 0 Å². The molecule has 522 valence electrons. The molecular formula is C95H118N3Si3+3. The number of hydrogen-bond acceptors (Lipinski definition) is 0. The highest BCUT2D eigenvalue weighted by Gasteiger charge is 2.32. The Hall–Kier alpha value is -8.14. The van der Waals surface area contributed by atoms with E-state index in [1.807, 2.05) is 0 Å². The van der Waals surface area contributed by atoms with Crippen LogP contribution in [0.5, 0.6) is 0 Å². The SMILES string of the molecule is Cc1c(-c2c3ccc([Si](C)(C)Cc4ccccc4)cc3cc[n+]2C)cc(C(C)(C)C)cc1C(C)(C)C.Cc1cc(C(C)(C)C)cc(-c2c3ccc([Si](C)(C)Cc4ccccc4)cc3cc[n+]2C)c1C.Cc1ccc(C(C)(C)C)cc1-c1c2ccc([Si](C)(C)Cc3ccccc3)cc2cc[n+]1C. The molecule has 0 saturated carbocycles. The van der Waals surface area contributed by atoms with Crippen LogP contribution in [0.2, 0.25) is 39.3 Å². The Balaban J connectivity index is 0.000000164. The van der Waals surface area contributed by atoms with Gasteiger partial charge in [-0.2, -0.15) is 0 Å². The molecule has 6 heteroatoms. The highest BCUT2D eigenvalue weighted by Crippen LogP contribution is 2.40. The van der Waals surface area contributed by atoms with Crippen LogP contribution in [0.4, 0.5) is 0 Å². The molecule has 0 unspecified atom stereocenters. The smallest absolute Gasteiger partial charge is 0.200 e. The normalized spacial score (nSPS) is 12.5. The lowest BCUT2D eigenvalue weighted by molar-refractivity contribution is -0.659. The van der Waals surface area contributed by atoms with Crippen LogP contribution >= 0.6 is 0 Å². The van der Waals surface area contributed by atoms with Crippen LogP contribution in [-0.2, 0) is 60.9 Å². The van der Waals surface area contributed by atoms with Crippen molar-refractivity contribution in [2.24, 2.45) is 21.1 Å². The van der Waals surface area contributed by atoms with Crippen molar-refractivity contribution >= 4 is 72.1 Å². The van der Waals surface area contributed by atoms with Gasteiger partial charge in [0, 0.05) is 23.8 Å². The number of benzene rings is 9. The van der Waals surface area contributed by atoms with Gasteiger partial charge >= 0.3 is 0 Å². The lowest BCUT2D eigenvalue weighted by atomic mass is 9.76. The molecule has 0 N–H and O–H groups in total. The second-order valence-corrected chi connectivity index (χ2v) is 49.7.